The van der Waals surface area contributed by atoms with E-state index in [1.54, 1.807) is 6.20 Å². The van der Waals surface area contributed by atoms with Crippen LogP contribution in [0.3, 0.4) is 0 Å². The van der Waals surface area contributed by atoms with E-state index in [4.69, 9.17) is 22.3 Å². The first-order valence-electron chi connectivity index (χ1n) is 5.76. The minimum Gasteiger partial charge on any atom is -0.480 e. The molecule has 0 aliphatic rings. The standard InChI is InChI=1S/C6H9N3O2.C5H12N2O/c7-5(6(10)11)1-4-2-8-3-9-4;1-3(2)4(6)5(7)8/h2-3,5H,1,7H2,(H,8,9)(H,10,11);3-4H,6H2,1-2H3,(H2,7,8)/t5-;4-/m00/s1. The van der Waals surface area contributed by atoms with Crippen LogP contribution in [0, 0.1) is 5.92 Å². The number of carbonyl (C=O) groups excluding carboxylic acids is 1. The molecule has 19 heavy (non-hydrogen) atoms. The van der Waals surface area contributed by atoms with Crippen LogP contribution in [0.1, 0.15) is 19.5 Å². The molecular weight excluding hydrogens is 250 g/mol. The molecule has 0 saturated carbocycles. The first kappa shape index (κ1) is 17.1. The van der Waals surface area contributed by atoms with Gasteiger partial charge in [-0.3, -0.25) is 9.59 Å². The van der Waals surface area contributed by atoms with Crippen LogP contribution in [-0.4, -0.2) is 39.0 Å². The van der Waals surface area contributed by atoms with E-state index in [0.29, 0.717) is 5.69 Å². The molecule has 0 fully saturated rings. The molecule has 2 atom stereocenters. The van der Waals surface area contributed by atoms with E-state index in [1.807, 2.05) is 13.8 Å². The van der Waals surface area contributed by atoms with Gasteiger partial charge in [0.15, 0.2) is 0 Å². The first-order chi connectivity index (χ1) is 8.75. The Balaban J connectivity index is 0.000000362. The molecule has 1 rings (SSSR count). The summed E-state index contributed by atoms with van der Waals surface area (Å²) >= 11 is 0. The maximum Gasteiger partial charge on any atom is 0.320 e. The van der Waals surface area contributed by atoms with Crippen LogP contribution in [-0.2, 0) is 16.0 Å². The molecule has 0 spiro atoms. The number of hydrogen-bond donors (Lipinski definition) is 5. The topological polar surface area (TPSA) is 161 Å². The van der Waals surface area contributed by atoms with E-state index in [-0.39, 0.29) is 12.3 Å². The van der Waals surface area contributed by atoms with Gasteiger partial charge in [0.05, 0.1) is 18.1 Å². The van der Waals surface area contributed by atoms with E-state index >= 15 is 0 Å². The second-order valence-electron chi connectivity index (χ2n) is 4.38. The van der Waals surface area contributed by atoms with E-state index in [2.05, 4.69) is 9.97 Å². The molecule has 0 unspecified atom stereocenters. The monoisotopic (exact) mass is 271 g/mol. The van der Waals surface area contributed by atoms with Gasteiger partial charge in [-0.25, -0.2) is 4.98 Å². The third-order valence-corrected chi connectivity index (χ3v) is 2.35. The molecule has 1 aromatic heterocycles. The predicted octanol–water partition coefficient (Wildman–Crippen LogP) is -1.18. The van der Waals surface area contributed by atoms with Gasteiger partial charge in [0, 0.05) is 12.6 Å². The number of nitrogens with two attached hydrogens (primary N) is 3. The molecule has 1 aromatic rings. The van der Waals surface area contributed by atoms with Crippen LogP contribution in [0.25, 0.3) is 0 Å². The molecule has 0 aromatic carbocycles. The predicted molar refractivity (Wildman–Crippen MR) is 69.9 cm³/mol. The average molecular weight is 271 g/mol. The highest BCUT2D eigenvalue weighted by Crippen LogP contribution is 1.95. The van der Waals surface area contributed by atoms with Crippen LogP contribution < -0.4 is 17.2 Å². The lowest BCUT2D eigenvalue weighted by molar-refractivity contribution is -0.138. The number of primary amides is 1. The van der Waals surface area contributed by atoms with Crippen LogP contribution in [0.2, 0.25) is 0 Å². The molecule has 0 bridgehead atoms. The molecule has 0 aliphatic heterocycles. The van der Waals surface area contributed by atoms with Crippen molar-refractivity contribution in [2.45, 2.75) is 32.4 Å². The summed E-state index contributed by atoms with van der Waals surface area (Å²) in [6.45, 7) is 3.71. The number of H-pyrrole nitrogens is 1. The Morgan fingerprint density at radius 1 is 1.42 bits per heavy atom. The number of nitrogens with zero attached hydrogens (tertiary/aromatic N) is 1. The molecular formula is C11H21N5O3. The zero-order chi connectivity index (χ0) is 15.0. The van der Waals surface area contributed by atoms with Gasteiger partial charge in [0.2, 0.25) is 5.91 Å². The molecule has 0 aliphatic carbocycles. The van der Waals surface area contributed by atoms with Crippen LogP contribution in [0.5, 0.6) is 0 Å². The quantitative estimate of drug-likeness (QED) is 0.452. The van der Waals surface area contributed by atoms with Gasteiger partial charge in [-0.1, -0.05) is 13.8 Å². The highest BCUT2D eigenvalue weighted by atomic mass is 16.4. The lowest BCUT2D eigenvalue weighted by Gasteiger charge is -2.09. The fourth-order valence-corrected chi connectivity index (χ4v) is 1.04. The van der Waals surface area contributed by atoms with Gasteiger partial charge < -0.3 is 27.3 Å². The molecule has 8 N–H and O–H groups in total. The number of carbonyl (C=O) groups is 2. The van der Waals surface area contributed by atoms with Crippen molar-refractivity contribution < 1.29 is 14.7 Å². The number of aromatic amines is 1. The fourth-order valence-electron chi connectivity index (χ4n) is 1.04. The molecule has 108 valence electrons. The molecule has 8 heteroatoms. The number of amides is 1. The van der Waals surface area contributed by atoms with Crippen molar-refractivity contribution in [3.05, 3.63) is 18.2 Å². The van der Waals surface area contributed by atoms with Gasteiger partial charge in [-0.15, -0.1) is 0 Å². The minimum absolute atomic E-state index is 0.146. The highest BCUT2D eigenvalue weighted by molar-refractivity contribution is 5.79. The van der Waals surface area contributed by atoms with Crippen molar-refractivity contribution in [1.82, 2.24) is 9.97 Å². The van der Waals surface area contributed by atoms with Crippen molar-refractivity contribution in [2.75, 3.05) is 0 Å². The van der Waals surface area contributed by atoms with Gasteiger partial charge >= 0.3 is 5.97 Å². The number of aliphatic carboxylic acids is 1. The summed E-state index contributed by atoms with van der Waals surface area (Å²) in [6, 6.07) is -1.35. The van der Waals surface area contributed by atoms with Crippen LogP contribution in [0.15, 0.2) is 12.5 Å². The SMILES string of the molecule is CC(C)[C@H](N)C(N)=O.N[C@@H](Cc1c[nH]cn1)C(=O)O. The number of hydrogen-bond acceptors (Lipinski definition) is 5. The molecule has 8 nitrogen and oxygen atoms in total. The second-order valence-corrected chi connectivity index (χ2v) is 4.38. The lowest BCUT2D eigenvalue weighted by atomic mass is 10.1. The summed E-state index contributed by atoms with van der Waals surface area (Å²) in [4.78, 5) is 27.1. The number of carboxylic acid groups (broad SMARTS) is 1. The smallest absolute Gasteiger partial charge is 0.320 e. The summed E-state index contributed by atoms with van der Waals surface area (Å²) < 4.78 is 0. The molecule has 1 amide bonds. The lowest BCUT2D eigenvalue weighted by Crippen LogP contribution is -2.40. The van der Waals surface area contributed by atoms with E-state index < -0.39 is 24.0 Å². The molecule has 0 saturated heterocycles. The largest absolute Gasteiger partial charge is 0.480 e. The number of carboxylic acids is 1. The van der Waals surface area contributed by atoms with Gasteiger partial charge in [0.1, 0.15) is 6.04 Å². The van der Waals surface area contributed by atoms with Crippen molar-refractivity contribution in [3.63, 3.8) is 0 Å². The minimum atomic E-state index is -1.01. The Bertz CT molecular complexity index is 391. The van der Waals surface area contributed by atoms with Gasteiger partial charge in [-0.05, 0) is 5.92 Å². The Hall–Kier alpha value is -1.93. The molecule has 1 heterocycles. The maximum atomic E-state index is 10.3. The first-order valence-corrected chi connectivity index (χ1v) is 5.76. The van der Waals surface area contributed by atoms with E-state index in [9.17, 15) is 9.59 Å². The third-order valence-electron chi connectivity index (χ3n) is 2.35. The van der Waals surface area contributed by atoms with Gasteiger partial charge in [-0.2, -0.15) is 0 Å². The van der Waals surface area contributed by atoms with Crippen molar-refractivity contribution >= 4 is 11.9 Å². The van der Waals surface area contributed by atoms with Gasteiger partial charge in [0.25, 0.3) is 0 Å². The molecule has 0 radical (unpaired) electrons. The summed E-state index contributed by atoms with van der Waals surface area (Å²) in [7, 11) is 0. The zero-order valence-electron chi connectivity index (χ0n) is 11.0. The maximum absolute atomic E-state index is 10.3. The Kier molecular flexibility index (Phi) is 7.39. The zero-order valence-corrected chi connectivity index (χ0v) is 11.0. The number of imidazole rings is 1. The van der Waals surface area contributed by atoms with E-state index in [0.717, 1.165) is 0 Å². The number of aromatic nitrogens is 2. The van der Waals surface area contributed by atoms with Crippen LogP contribution >= 0.6 is 0 Å². The normalized spacial score (nSPS) is 13.3. The van der Waals surface area contributed by atoms with E-state index in [1.165, 1.54) is 6.33 Å². The summed E-state index contributed by atoms with van der Waals surface area (Å²) in [5.74, 6) is -1.29. The third kappa shape index (κ3) is 7.17. The summed E-state index contributed by atoms with van der Waals surface area (Å²) in [6.07, 6.45) is 3.38. The summed E-state index contributed by atoms with van der Waals surface area (Å²) in [5.41, 5.74) is 16.1. The second kappa shape index (κ2) is 8.22. The Labute approximate surface area is 111 Å². The summed E-state index contributed by atoms with van der Waals surface area (Å²) in [5, 5.41) is 8.42. The van der Waals surface area contributed by atoms with Crippen molar-refractivity contribution in [1.29, 1.82) is 0 Å². The highest BCUT2D eigenvalue weighted by Gasteiger charge is 2.12. The fraction of sp³-hybridized carbons (Fsp3) is 0.545. The Morgan fingerprint density at radius 3 is 2.26 bits per heavy atom. The van der Waals surface area contributed by atoms with Crippen molar-refractivity contribution in [2.24, 2.45) is 23.1 Å². The average Bonchev–Trinajstić information content (AvgIpc) is 2.81. The Morgan fingerprint density at radius 2 is 2.00 bits per heavy atom. The number of rotatable bonds is 5. The van der Waals surface area contributed by atoms with Crippen LogP contribution in [0.4, 0.5) is 0 Å². The van der Waals surface area contributed by atoms with Crippen molar-refractivity contribution in [3.8, 4) is 0 Å². The number of nitrogens with one attached hydrogen (secondary N) is 1.